The van der Waals surface area contributed by atoms with Gasteiger partial charge in [0.15, 0.2) is 0 Å². The summed E-state index contributed by atoms with van der Waals surface area (Å²) in [5.41, 5.74) is 3.63. The highest BCUT2D eigenvalue weighted by Crippen LogP contribution is 2.30. The summed E-state index contributed by atoms with van der Waals surface area (Å²) in [5.74, 6) is 6.08. The first-order valence-electron chi connectivity index (χ1n) is 5.68. The molecule has 0 fully saturated rings. The van der Waals surface area contributed by atoms with Crippen LogP contribution in [0.5, 0.6) is 0 Å². The summed E-state index contributed by atoms with van der Waals surface area (Å²) in [5, 5.41) is 2.97. The van der Waals surface area contributed by atoms with E-state index >= 15 is 0 Å². The summed E-state index contributed by atoms with van der Waals surface area (Å²) in [4.78, 5) is 8.15. The predicted molar refractivity (Wildman–Crippen MR) is 76.6 cm³/mol. The number of rotatable bonds is 4. The number of nitrogens with zero attached hydrogens (tertiary/aromatic N) is 2. The van der Waals surface area contributed by atoms with Crippen molar-refractivity contribution in [1.82, 2.24) is 9.97 Å². The van der Waals surface area contributed by atoms with Crippen LogP contribution in [0.15, 0.2) is 29.0 Å². The second kappa shape index (κ2) is 5.94. The molecule has 2 aromatic rings. The van der Waals surface area contributed by atoms with E-state index in [1.54, 1.807) is 12.1 Å². The Labute approximate surface area is 118 Å². The van der Waals surface area contributed by atoms with Crippen molar-refractivity contribution in [3.05, 3.63) is 40.4 Å². The maximum absolute atomic E-state index is 13.8. The molecule has 19 heavy (non-hydrogen) atoms. The third-order valence-electron chi connectivity index (χ3n) is 2.64. The van der Waals surface area contributed by atoms with Gasteiger partial charge < -0.3 is 10.7 Å². The molecule has 1 heterocycles. The van der Waals surface area contributed by atoms with Crippen LogP contribution in [0.3, 0.4) is 0 Å². The van der Waals surface area contributed by atoms with E-state index in [1.165, 1.54) is 12.4 Å². The zero-order valence-electron chi connectivity index (χ0n) is 10.2. The molecule has 0 bridgehead atoms. The fourth-order valence-corrected chi connectivity index (χ4v) is 2.16. The average molecular weight is 326 g/mol. The van der Waals surface area contributed by atoms with E-state index in [2.05, 4.69) is 36.6 Å². The molecule has 0 atom stereocenters. The van der Waals surface area contributed by atoms with Crippen LogP contribution in [0.25, 0.3) is 0 Å². The molecule has 2 rings (SSSR count). The molecular weight excluding hydrogens is 313 g/mol. The number of halogens is 2. The quantitative estimate of drug-likeness (QED) is 0.595. The molecular formula is C12H13BrFN5. The second-order valence-corrected chi connectivity index (χ2v) is 4.62. The molecule has 0 aliphatic rings. The van der Waals surface area contributed by atoms with Crippen LogP contribution in [0, 0.1) is 5.82 Å². The van der Waals surface area contributed by atoms with Crippen molar-refractivity contribution in [2.45, 2.75) is 13.3 Å². The average Bonchev–Trinajstić information content (AvgIpc) is 2.42. The Morgan fingerprint density at radius 2 is 2.05 bits per heavy atom. The van der Waals surface area contributed by atoms with Crippen molar-refractivity contribution in [2.24, 2.45) is 5.84 Å². The number of nitrogen functional groups attached to an aromatic ring is 1. The molecule has 0 radical (unpaired) electrons. The van der Waals surface area contributed by atoms with Crippen molar-refractivity contribution in [3.63, 3.8) is 0 Å². The molecule has 5 nitrogen and oxygen atoms in total. The van der Waals surface area contributed by atoms with E-state index in [0.29, 0.717) is 28.2 Å². The highest BCUT2D eigenvalue weighted by Gasteiger charge is 2.12. The number of hydrogen-bond acceptors (Lipinski definition) is 5. The number of nitrogens with two attached hydrogens (primary N) is 1. The van der Waals surface area contributed by atoms with Gasteiger partial charge in [0.05, 0.1) is 5.69 Å². The monoisotopic (exact) mass is 325 g/mol. The SMILES string of the molecule is CCc1c(NN)ncnc1Nc1c(F)cccc1Br. The van der Waals surface area contributed by atoms with E-state index in [1.807, 2.05) is 6.92 Å². The van der Waals surface area contributed by atoms with Gasteiger partial charge >= 0.3 is 0 Å². The van der Waals surface area contributed by atoms with E-state index in [9.17, 15) is 4.39 Å². The summed E-state index contributed by atoms with van der Waals surface area (Å²) < 4.78 is 14.4. The van der Waals surface area contributed by atoms with E-state index in [4.69, 9.17) is 5.84 Å². The minimum absolute atomic E-state index is 0.332. The molecule has 0 saturated heterocycles. The Kier molecular flexibility index (Phi) is 4.28. The zero-order chi connectivity index (χ0) is 13.8. The lowest BCUT2D eigenvalue weighted by Gasteiger charge is -2.14. The lowest BCUT2D eigenvalue weighted by molar-refractivity contribution is 0.631. The third-order valence-corrected chi connectivity index (χ3v) is 3.30. The smallest absolute Gasteiger partial charge is 0.148 e. The number of para-hydroxylation sites is 1. The highest BCUT2D eigenvalue weighted by atomic mass is 79.9. The molecule has 7 heteroatoms. The third kappa shape index (κ3) is 2.82. The number of benzene rings is 1. The highest BCUT2D eigenvalue weighted by molar-refractivity contribution is 9.10. The standard InChI is InChI=1S/C12H13BrFN5/c1-2-7-11(16-6-17-12(7)19-15)18-10-8(13)4-3-5-9(10)14/h3-6H,2,15H2,1H3,(H2,16,17,18,19). The largest absolute Gasteiger partial charge is 0.337 e. The molecule has 0 saturated carbocycles. The van der Waals surface area contributed by atoms with Gasteiger partial charge in [-0.25, -0.2) is 20.2 Å². The van der Waals surface area contributed by atoms with Crippen LogP contribution >= 0.6 is 15.9 Å². The van der Waals surface area contributed by atoms with Crippen LogP contribution < -0.4 is 16.6 Å². The lowest BCUT2D eigenvalue weighted by atomic mass is 10.2. The number of aromatic nitrogens is 2. The number of hydrazine groups is 1. The Morgan fingerprint density at radius 3 is 2.68 bits per heavy atom. The van der Waals surface area contributed by atoms with Crippen LogP contribution in [0.2, 0.25) is 0 Å². The summed E-state index contributed by atoms with van der Waals surface area (Å²) in [7, 11) is 0. The molecule has 1 aromatic carbocycles. The number of nitrogens with one attached hydrogen (secondary N) is 2. The van der Waals surface area contributed by atoms with Crippen LogP contribution in [0.1, 0.15) is 12.5 Å². The van der Waals surface area contributed by atoms with Gasteiger partial charge in [-0.3, -0.25) is 0 Å². The Hall–Kier alpha value is -1.73. The molecule has 0 unspecified atom stereocenters. The fourth-order valence-electron chi connectivity index (χ4n) is 1.71. The maximum atomic E-state index is 13.8. The normalized spacial score (nSPS) is 10.3. The van der Waals surface area contributed by atoms with Crippen LogP contribution in [0.4, 0.5) is 21.7 Å². The summed E-state index contributed by atoms with van der Waals surface area (Å²) in [6, 6.07) is 4.75. The number of anilines is 3. The Morgan fingerprint density at radius 1 is 1.32 bits per heavy atom. The molecule has 0 amide bonds. The number of hydrogen-bond donors (Lipinski definition) is 3. The molecule has 1 aromatic heterocycles. The molecule has 100 valence electrons. The zero-order valence-corrected chi connectivity index (χ0v) is 11.8. The first kappa shape index (κ1) is 13.7. The van der Waals surface area contributed by atoms with Gasteiger partial charge in [0.2, 0.25) is 0 Å². The topological polar surface area (TPSA) is 75.9 Å². The van der Waals surface area contributed by atoms with Gasteiger partial charge in [0.25, 0.3) is 0 Å². The predicted octanol–water partition coefficient (Wildman–Crippen LogP) is 2.97. The molecule has 4 N–H and O–H groups in total. The van der Waals surface area contributed by atoms with Crippen LogP contribution in [-0.4, -0.2) is 9.97 Å². The van der Waals surface area contributed by atoms with Gasteiger partial charge in [-0.15, -0.1) is 0 Å². The first-order valence-corrected chi connectivity index (χ1v) is 6.48. The van der Waals surface area contributed by atoms with Gasteiger partial charge in [-0.1, -0.05) is 13.0 Å². The Bertz CT molecular complexity index is 570. The molecule has 0 aliphatic heterocycles. The van der Waals surface area contributed by atoms with Gasteiger partial charge in [0.1, 0.15) is 23.8 Å². The van der Waals surface area contributed by atoms with E-state index < -0.39 is 0 Å². The van der Waals surface area contributed by atoms with Gasteiger partial charge in [-0.2, -0.15) is 0 Å². The van der Waals surface area contributed by atoms with Crippen LogP contribution in [-0.2, 0) is 6.42 Å². The van der Waals surface area contributed by atoms with Crippen molar-refractivity contribution in [3.8, 4) is 0 Å². The summed E-state index contributed by atoms with van der Waals surface area (Å²) >= 11 is 3.30. The lowest BCUT2D eigenvalue weighted by Crippen LogP contribution is -2.13. The Balaban J connectivity index is 2.44. The minimum Gasteiger partial charge on any atom is -0.337 e. The summed E-state index contributed by atoms with van der Waals surface area (Å²) in [6.45, 7) is 1.95. The van der Waals surface area contributed by atoms with Crippen molar-refractivity contribution < 1.29 is 4.39 Å². The maximum Gasteiger partial charge on any atom is 0.148 e. The van der Waals surface area contributed by atoms with E-state index in [0.717, 1.165) is 5.56 Å². The van der Waals surface area contributed by atoms with Crippen molar-refractivity contribution >= 4 is 33.3 Å². The van der Waals surface area contributed by atoms with E-state index in [-0.39, 0.29) is 5.82 Å². The van der Waals surface area contributed by atoms with Crippen molar-refractivity contribution in [1.29, 1.82) is 0 Å². The van der Waals surface area contributed by atoms with Crippen molar-refractivity contribution in [2.75, 3.05) is 10.7 Å². The van der Waals surface area contributed by atoms with Gasteiger partial charge in [0, 0.05) is 10.0 Å². The second-order valence-electron chi connectivity index (χ2n) is 3.77. The van der Waals surface area contributed by atoms with Gasteiger partial charge in [-0.05, 0) is 34.5 Å². The molecule has 0 aliphatic carbocycles. The summed E-state index contributed by atoms with van der Waals surface area (Å²) in [6.07, 6.45) is 2.03. The minimum atomic E-state index is -0.364. The first-order chi connectivity index (χ1) is 9.17. The fraction of sp³-hybridized carbons (Fsp3) is 0.167. The molecule has 0 spiro atoms.